The largest absolute Gasteiger partial charge is 0.507 e. The maximum absolute atomic E-state index is 12.6. The summed E-state index contributed by atoms with van der Waals surface area (Å²) in [5, 5.41) is 22.2. The number of phenols is 1. The second kappa shape index (κ2) is 9.34. The predicted molar refractivity (Wildman–Crippen MR) is 116 cm³/mol. The second-order valence-electron chi connectivity index (χ2n) is 7.09. The average Bonchev–Trinajstić information content (AvgIpc) is 2.81. The lowest BCUT2D eigenvalue weighted by Gasteiger charge is -2.21. The van der Waals surface area contributed by atoms with Gasteiger partial charge >= 0.3 is 12.1 Å². The molecule has 32 heavy (non-hydrogen) atoms. The van der Waals surface area contributed by atoms with Crippen LogP contribution in [0.3, 0.4) is 0 Å². The van der Waals surface area contributed by atoms with E-state index in [1.54, 1.807) is 44.5 Å². The Morgan fingerprint density at radius 3 is 2.50 bits per heavy atom. The number of carbonyl (C=O) groups is 2. The number of allylic oxidation sites excluding steroid dienone is 2. The van der Waals surface area contributed by atoms with Gasteiger partial charge in [-0.3, -0.25) is 15.0 Å². The Kier molecular flexibility index (Phi) is 6.58. The van der Waals surface area contributed by atoms with Crippen LogP contribution < -0.4 is 0 Å². The number of methoxy groups -OCH3 is 1. The van der Waals surface area contributed by atoms with E-state index in [-0.39, 0.29) is 34.7 Å². The molecule has 0 saturated heterocycles. The third-order valence-electron chi connectivity index (χ3n) is 5.21. The molecule has 0 saturated carbocycles. The summed E-state index contributed by atoms with van der Waals surface area (Å²) in [5.74, 6) is -0.978. The van der Waals surface area contributed by atoms with Gasteiger partial charge in [0.05, 0.1) is 17.6 Å². The molecule has 9 nitrogen and oxygen atoms in total. The Morgan fingerprint density at radius 2 is 1.88 bits per heavy atom. The topological polar surface area (TPSA) is 119 Å². The molecule has 1 N–H and O–H groups in total. The molecule has 9 heteroatoms. The van der Waals surface area contributed by atoms with Crippen molar-refractivity contribution in [3.63, 3.8) is 0 Å². The normalized spacial score (nSPS) is 12.5. The van der Waals surface area contributed by atoms with E-state index in [1.165, 1.54) is 30.2 Å². The van der Waals surface area contributed by atoms with Crippen molar-refractivity contribution in [2.24, 2.45) is 0 Å². The van der Waals surface area contributed by atoms with E-state index in [9.17, 15) is 24.8 Å². The van der Waals surface area contributed by atoms with Gasteiger partial charge in [-0.1, -0.05) is 24.3 Å². The van der Waals surface area contributed by atoms with Crippen LogP contribution in [-0.2, 0) is 16.1 Å². The number of amides is 1. The zero-order chi connectivity index (χ0) is 23.4. The third kappa shape index (κ3) is 4.31. The molecule has 0 radical (unpaired) electrons. The summed E-state index contributed by atoms with van der Waals surface area (Å²) in [5.41, 5.74) is 1.52. The lowest BCUT2D eigenvalue weighted by atomic mass is 9.88. The quantitative estimate of drug-likeness (QED) is 0.407. The van der Waals surface area contributed by atoms with Crippen molar-refractivity contribution >= 4 is 17.7 Å². The predicted octanol–water partition coefficient (Wildman–Crippen LogP) is 4.74. The van der Waals surface area contributed by atoms with Crippen molar-refractivity contribution in [2.45, 2.75) is 26.9 Å². The van der Waals surface area contributed by atoms with Crippen LogP contribution in [0.15, 0.2) is 48.8 Å². The summed E-state index contributed by atoms with van der Waals surface area (Å²) < 4.78 is 10.3. The molecule has 0 bridgehead atoms. The second-order valence-corrected chi connectivity index (χ2v) is 7.09. The summed E-state index contributed by atoms with van der Waals surface area (Å²) in [6, 6.07) is 5.61. The van der Waals surface area contributed by atoms with Crippen molar-refractivity contribution in [1.82, 2.24) is 4.90 Å². The summed E-state index contributed by atoms with van der Waals surface area (Å²) in [4.78, 5) is 36.9. The van der Waals surface area contributed by atoms with Crippen LogP contribution in [0.1, 0.15) is 33.5 Å². The number of phenolic OH excluding ortho intramolecular Hbond substituents is 1. The minimum Gasteiger partial charge on any atom is -0.507 e. The van der Waals surface area contributed by atoms with Crippen molar-refractivity contribution in [3.8, 4) is 16.9 Å². The molecule has 1 amide bonds. The molecular formula is C23H22N2O7. The van der Waals surface area contributed by atoms with Gasteiger partial charge in [0.15, 0.2) is 0 Å². The van der Waals surface area contributed by atoms with Crippen molar-refractivity contribution in [2.75, 3.05) is 7.11 Å². The van der Waals surface area contributed by atoms with E-state index in [4.69, 9.17) is 9.47 Å². The highest BCUT2D eigenvalue weighted by Crippen LogP contribution is 2.41. The first-order chi connectivity index (χ1) is 15.3. The molecule has 0 spiro atoms. The fraction of sp³-hybridized carbons (Fsp3) is 0.217. The average molecular weight is 438 g/mol. The molecule has 1 aliphatic rings. The van der Waals surface area contributed by atoms with Gasteiger partial charge in [0.25, 0.3) is 5.69 Å². The van der Waals surface area contributed by atoms with Crippen molar-refractivity contribution in [1.29, 1.82) is 0 Å². The molecule has 2 aromatic rings. The molecule has 0 aromatic heterocycles. The van der Waals surface area contributed by atoms with Crippen LogP contribution in [0, 0.1) is 24.0 Å². The van der Waals surface area contributed by atoms with E-state index < -0.39 is 17.0 Å². The number of hydrogen-bond acceptors (Lipinski definition) is 7. The summed E-state index contributed by atoms with van der Waals surface area (Å²) in [6.45, 7) is 3.07. The molecule has 1 aliphatic heterocycles. The molecule has 1 heterocycles. The highest BCUT2D eigenvalue weighted by atomic mass is 16.6. The Morgan fingerprint density at radius 1 is 1.19 bits per heavy atom. The number of nitro groups is 1. The van der Waals surface area contributed by atoms with Crippen LogP contribution in [0.2, 0.25) is 0 Å². The number of nitro benzene ring substituents is 1. The Balaban J connectivity index is 2.08. The first kappa shape index (κ1) is 22.5. The fourth-order valence-electron chi connectivity index (χ4n) is 3.51. The van der Waals surface area contributed by atoms with Crippen LogP contribution in [0.5, 0.6) is 5.75 Å². The molecule has 2 aromatic carbocycles. The number of esters is 1. The number of aromatic hydroxyl groups is 1. The highest BCUT2D eigenvalue weighted by molar-refractivity contribution is 6.01. The number of benzene rings is 2. The van der Waals surface area contributed by atoms with Gasteiger partial charge in [0.1, 0.15) is 12.4 Å². The standard InChI is InChI=1S/C23H22N2O7/c1-14-18(13-32-23(28)24-10-5-4-6-11-24)15(2)21(26)20(19(14)22(27)31-3)16-8-7-9-17(12-16)25(29)30/h5-12,26H,4,13H2,1-3H3. The van der Waals surface area contributed by atoms with Gasteiger partial charge < -0.3 is 14.6 Å². The molecule has 0 fully saturated rings. The van der Waals surface area contributed by atoms with Gasteiger partial charge in [-0.05, 0) is 42.5 Å². The monoisotopic (exact) mass is 438 g/mol. The van der Waals surface area contributed by atoms with E-state index in [1.807, 2.05) is 0 Å². The number of nitrogens with zero attached hydrogens (tertiary/aromatic N) is 2. The Labute approximate surface area is 184 Å². The molecular weight excluding hydrogens is 416 g/mol. The van der Waals surface area contributed by atoms with E-state index in [0.717, 1.165) is 6.42 Å². The molecule has 0 aliphatic carbocycles. The van der Waals surface area contributed by atoms with Gasteiger partial charge in [0.2, 0.25) is 0 Å². The summed E-state index contributed by atoms with van der Waals surface area (Å²) in [7, 11) is 1.20. The zero-order valence-corrected chi connectivity index (χ0v) is 17.8. The van der Waals surface area contributed by atoms with Crippen LogP contribution in [-0.4, -0.2) is 34.1 Å². The first-order valence-electron chi connectivity index (χ1n) is 9.72. The van der Waals surface area contributed by atoms with Crippen LogP contribution in [0.4, 0.5) is 10.5 Å². The smallest absolute Gasteiger partial charge is 0.418 e. The van der Waals surface area contributed by atoms with E-state index >= 15 is 0 Å². The molecule has 0 atom stereocenters. The van der Waals surface area contributed by atoms with Crippen LogP contribution in [0.25, 0.3) is 11.1 Å². The fourth-order valence-corrected chi connectivity index (χ4v) is 3.51. The number of non-ortho nitro benzene ring substituents is 1. The number of hydrogen-bond donors (Lipinski definition) is 1. The van der Waals surface area contributed by atoms with Crippen molar-refractivity contribution < 1.29 is 29.1 Å². The maximum Gasteiger partial charge on any atom is 0.418 e. The minimum absolute atomic E-state index is 0.0416. The van der Waals surface area contributed by atoms with Gasteiger partial charge in [-0.15, -0.1) is 0 Å². The summed E-state index contributed by atoms with van der Waals surface area (Å²) in [6.07, 6.45) is 6.88. The lowest BCUT2D eigenvalue weighted by Crippen LogP contribution is -2.22. The zero-order valence-electron chi connectivity index (χ0n) is 17.8. The van der Waals surface area contributed by atoms with Crippen molar-refractivity contribution in [3.05, 3.63) is 81.2 Å². The van der Waals surface area contributed by atoms with Crippen LogP contribution >= 0.6 is 0 Å². The third-order valence-corrected chi connectivity index (χ3v) is 5.21. The SMILES string of the molecule is COC(=O)c1c(C)c(COC(=O)N2C=CCC=C2)c(C)c(O)c1-c1cccc([N+](=O)[O-])c1. The molecule has 0 unspecified atom stereocenters. The lowest BCUT2D eigenvalue weighted by molar-refractivity contribution is -0.384. The Hall–Kier alpha value is -4.14. The van der Waals surface area contributed by atoms with Gasteiger partial charge in [0, 0.05) is 30.1 Å². The first-order valence-corrected chi connectivity index (χ1v) is 9.72. The van der Waals surface area contributed by atoms with E-state index in [0.29, 0.717) is 16.7 Å². The number of carbonyl (C=O) groups excluding carboxylic acids is 2. The maximum atomic E-state index is 12.6. The highest BCUT2D eigenvalue weighted by Gasteiger charge is 2.27. The summed E-state index contributed by atoms with van der Waals surface area (Å²) >= 11 is 0. The van der Waals surface area contributed by atoms with Gasteiger partial charge in [-0.25, -0.2) is 9.59 Å². The Bertz CT molecular complexity index is 1140. The number of ether oxygens (including phenoxy) is 2. The van der Waals surface area contributed by atoms with E-state index in [2.05, 4.69) is 0 Å². The molecule has 166 valence electrons. The van der Waals surface area contributed by atoms with Gasteiger partial charge in [-0.2, -0.15) is 0 Å². The minimum atomic E-state index is -0.728. The number of rotatable bonds is 5. The molecule has 3 rings (SSSR count).